The van der Waals surface area contributed by atoms with E-state index in [0.29, 0.717) is 0 Å². The maximum Gasteiger partial charge on any atom is 0.148 e. The van der Waals surface area contributed by atoms with Gasteiger partial charge in [0.2, 0.25) is 0 Å². The van der Waals surface area contributed by atoms with E-state index in [2.05, 4.69) is 66.0 Å². The van der Waals surface area contributed by atoms with Gasteiger partial charge in [-0.05, 0) is 56.2 Å². The third-order valence-electron chi connectivity index (χ3n) is 5.08. The van der Waals surface area contributed by atoms with E-state index in [9.17, 15) is 5.11 Å². The number of likely N-dealkylation sites (tertiary alicyclic amines) is 1. The largest absolute Gasteiger partial charge is 0.372 e. The molecule has 27 heavy (non-hydrogen) atoms. The Kier molecular flexibility index (Phi) is 8.79. The van der Waals surface area contributed by atoms with Crippen molar-refractivity contribution in [1.29, 1.82) is 0 Å². The van der Waals surface area contributed by atoms with Gasteiger partial charge in [-0.2, -0.15) is 0 Å². The van der Waals surface area contributed by atoms with Crippen molar-refractivity contribution in [1.82, 2.24) is 15.2 Å². The summed E-state index contributed by atoms with van der Waals surface area (Å²) in [5.74, 6) is 0. The number of H-pyrrole nitrogens is 1. The number of hydrogen-bond donors (Lipinski definition) is 3. The highest BCUT2D eigenvalue weighted by atomic mass is 16.3. The Bertz CT molecular complexity index is 772. The van der Waals surface area contributed by atoms with Crippen molar-refractivity contribution in [2.75, 3.05) is 20.1 Å². The minimum absolute atomic E-state index is 0.245. The lowest BCUT2D eigenvalue weighted by Crippen LogP contribution is -2.41. The molecule has 2 heterocycles. The van der Waals surface area contributed by atoms with E-state index in [0.717, 1.165) is 48.6 Å². The first kappa shape index (κ1) is 21.4. The van der Waals surface area contributed by atoms with Gasteiger partial charge in [0.1, 0.15) is 6.23 Å². The van der Waals surface area contributed by atoms with Crippen LogP contribution in [-0.2, 0) is 0 Å². The number of aliphatic hydroxyl groups excluding tert-OH is 1. The van der Waals surface area contributed by atoms with Gasteiger partial charge in [0.05, 0.1) is 5.69 Å². The Labute approximate surface area is 163 Å². The fourth-order valence-corrected chi connectivity index (χ4v) is 3.66. The number of aromatic nitrogens is 1. The van der Waals surface area contributed by atoms with Gasteiger partial charge in [0.15, 0.2) is 0 Å². The van der Waals surface area contributed by atoms with Crippen molar-refractivity contribution in [2.24, 2.45) is 0 Å². The van der Waals surface area contributed by atoms with Gasteiger partial charge in [-0.25, -0.2) is 0 Å². The van der Waals surface area contributed by atoms with E-state index in [-0.39, 0.29) is 6.04 Å². The fraction of sp³-hybridized carbons (Fsp3) is 0.478. The van der Waals surface area contributed by atoms with Crippen molar-refractivity contribution in [3.8, 4) is 0 Å². The lowest BCUT2D eigenvalue weighted by atomic mass is 10.00. The number of allylic oxidation sites excluding steroid dienone is 2. The molecule has 0 radical (unpaired) electrons. The molecule has 4 nitrogen and oxygen atoms in total. The molecular formula is C23H35N3O. The molecule has 1 aliphatic rings. The second-order valence-electron chi connectivity index (χ2n) is 7.04. The number of piperidine rings is 1. The molecule has 0 bridgehead atoms. The zero-order valence-electron chi connectivity index (χ0n) is 17.0. The lowest BCUT2D eigenvalue weighted by Gasteiger charge is -2.37. The lowest BCUT2D eigenvalue weighted by molar-refractivity contribution is -0.0327. The summed E-state index contributed by atoms with van der Waals surface area (Å²) in [6.45, 7) is 9.74. The van der Waals surface area contributed by atoms with Gasteiger partial charge >= 0.3 is 0 Å². The molecule has 4 heteroatoms. The molecule has 1 aliphatic heterocycles. The summed E-state index contributed by atoms with van der Waals surface area (Å²) in [6, 6.07) is 2.31. The van der Waals surface area contributed by atoms with E-state index in [1.54, 1.807) is 6.08 Å². The standard InChI is InChI=1S/C23H35N3O/c1-5-10-19-16-22(25-21(19)11-6-2)23(27)26-15-9-8-12-20(26)14-13-18(7-3)17-24-4/h6-7,10-11,13-14,16,20,23-25,27H,2,5,8-9,12,15,17H2,1,3-4H3/b14-13-,18-7+,19-10-,21-11+. The number of aliphatic hydroxyl groups is 1. The van der Waals surface area contributed by atoms with Crippen molar-refractivity contribution in [2.45, 2.75) is 51.8 Å². The predicted molar refractivity (Wildman–Crippen MR) is 116 cm³/mol. The second kappa shape index (κ2) is 11.1. The summed E-state index contributed by atoms with van der Waals surface area (Å²) in [4.78, 5) is 5.59. The Balaban J connectivity index is 2.27. The number of nitrogens with zero attached hydrogens (tertiary/aromatic N) is 1. The zero-order valence-corrected chi connectivity index (χ0v) is 17.0. The number of hydrogen-bond acceptors (Lipinski definition) is 3. The van der Waals surface area contributed by atoms with Crippen molar-refractivity contribution < 1.29 is 5.11 Å². The molecule has 2 rings (SSSR count). The van der Waals surface area contributed by atoms with Gasteiger partial charge in [0.25, 0.3) is 0 Å². The van der Waals surface area contributed by atoms with E-state index < -0.39 is 6.23 Å². The van der Waals surface area contributed by atoms with Crippen LogP contribution in [0.3, 0.4) is 0 Å². The molecule has 0 aromatic carbocycles. The third kappa shape index (κ3) is 5.80. The molecule has 3 N–H and O–H groups in total. The van der Waals surface area contributed by atoms with E-state index in [1.807, 2.05) is 13.1 Å². The van der Waals surface area contributed by atoms with Crippen LogP contribution in [-0.4, -0.2) is 41.2 Å². The number of aromatic amines is 1. The molecule has 0 amide bonds. The summed E-state index contributed by atoms with van der Waals surface area (Å²) in [5.41, 5.74) is 2.12. The summed E-state index contributed by atoms with van der Waals surface area (Å²) >= 11 is 0. The van der Waals surface area contributed by atoms with Crippen LogP contribution < -0.4 is 15.9 Å². The third-order valence-corrected chi connectivity index (χ3v) is 5.08. The molecule has 0 saturated carbocycles. The van der Waals surface area contributed by atoms with Crippen LogP contribution in [0.5, 0.6) is 0 Å². The summed E-state index contributed by atoms with van der Waals surface area (Å²) in [5, 5.41) is 16.4. The molecule has 1 aromatic heterocycles. The molecule has 148 valence electrons. The monoisotopic (exact) mass is 369 g/mol. The van der Waals surface area contributed by atoms with Crippen LogP contribution in [0.15, 0.2) is 42.5 Å². The van der Waals surface area contributed by atoms with Crippen LogP contribution in [0.2, 0.25) is 0 Å². The SMILES string of the molecule is C=C/C=c1/[nH]c(C(O)N2CCCCC2/C=C\C(=C/C)CNC)c/c1=C/CC. The molecular weight excluding hydrogens is 334 g/mol. The summed E-state index contributed by atoms with van der Waals surface area (Å²) < 4.78 is 0. The van der Waals surface area contributed by atoms with Gasteiger partial charge in [-0.3, -0.25) is 4.90 Å². The van der Waals surface area contributed by atoms with Crippen molar-refractivity contribution in [3.63, 3.8) is 0 Å². The first-order chi connectivity index (χ1) is 13.1. The van der Waals surface area contributed by atoms with Crippen LogP contribution >= 0.6 is 0 Å². The van der Waals surface area contributed by atoms with Gasteiger partial charge in [-0.15, -0.1) is 0 Å². The number of nitrogens with one attached hydrogen (secondary N) is 2. The highest BCUT2D eigenvalue weighted by molar-refractivity contribution is 5.37. The predicted octanol–water partition coefficient (Wildman–Crippen LogP) is 2.74. The number of rotatable bonds is 8. The Morgan fingerprint density at radius 2 is 2.30 bits per heavy atom. The average molecular weight is 370 g/mol. The molecule has 1 saturated heterocycles. The minimum atomic E-state index is -0.630. The van der Waals surface area contributed by atoms with Crippen LogP contribution in [0.4, 0.5) is 0 Å². The van der Waals surface area contributed by atoms with Crippen LogP contribution in [0.1, 0.15) is 51.5 Å². The minimum Gasteiger partial charge on any atom is -0.372 e. The normalized spacial score (nSPS) is 21.9. The average Bonchev–Trinajstić information content (AvgIpc) is 3.08. The molecule has 0 spiro atoms. The second-order valence-corrected chi connectivity index (χ2v) is 7.04. The van der Waals surface area contributed by atoms with E-state index in [1.165, 1.54) is 12.0 Å². The van der Waals surface area contributed by atoms with Gasteiger partial charge < -0.3 is 15.4 Å². The molecule has 1 fully saturated rings. The molecule has 2 unspecified atom stereocenters. The fourth-order valence-electron chi connectivity index (χ4n) is 3.66. The zero-order chi connectivity index (χ0) is 19.6. The molecule has 1 aromatic rings. The van der Waals surface area contributed by atoms with Crippen LogP contribution in [0.25, 0.3) is 12.2 Å². The van der Waals surface area contributed by atoms with Crippen LogP contribution in [0, 0.1) is 0 Å². The topological polar surface area (TPSA) is 51.3 Å². The number of likely N-dealkylation sites (N-methyl/N-ethyl adjacent to an activating group) is 1. The highest BCUT2D eigenvalue weighted by Crippen LogP contribution is 2.26. The smallest absolute Gasteiger partial charge is 0.148 e. The summed E-state index contributed by atoms with van der Waals surface area (Å²) in [6.07, 6.45) is 16.2. The molecule has 0 aliphatic carbocycles. The van der Waals surface area contributed by atoms with Gasteiger partial charge in [-0.1, -0.05) is 50.3 Å². The van der Waals surface area contributed by atoms with Gasteiger partial charge in [0, 0.05) is 24.5 Å². The Morgan fingerprint density at radius 3 is 2.96 bits per heavy atom. The summed E-state index contributed by atoms with van der Waals surface area (Å²) in [7, 11) is 1.96. The highest BCUT2D eigenvalue weighted by Gasteiger charge is 2.27. The first-order valence-electron chi connectivity index (χ1n) is 10.1. The first-order valence-corrected chi connectivity index (χ1v) is 10.1. The van der Waals surface area contributed by atoms with E-state index in [4.69, 9.17) is 0 Å². The van der Waals surface area contributed by atoms with E-state index >= 15 is 0 Å². The maximum atomic E-state index is 11.1. The van der Waals surface area contributed by atoms with Crippen molar-refractivity contribution >= 4 is 12.2 Å². The Hall–Kier alpha value is -1.88. The van der Waals surface area contributed by atoms with Crippen molar-refractivity contribution in [3.05, 3.63) is 58.8 Å². The molecule has 2 atom stereocenters. The maximum absolute atomic E-state index is 11.1. The quantitative estimate of drug-likeness (QED) is 0.618. The Morgan fingerprint density at radius 1 is 1.48 bits per heavy atom.